The van der Waals surface area contributed by atoms with Crippen molar-refractivity contribution >= 4 is 21.7 Å². The molecule has 1 saturated heterocycles. The van der Waals surface area contributed by atoms with E-state index in [-0.39, 0.29) is 16.7 Å². The second-order valence-electron chi connectivity index (χ2n) is 5.06. The van der Waals surface area contributed by atoms with Crippen LogP contribution in [0.15, 0.2) is 23.5 Å². The Balaban J connectivity index is 1.91. The highest BCUT2D eigenvalue weighted by Gasteiger charge is 2.51. The van der Waals surface area contributed by atoms with Crippen molar-refractivity contribution in [3.05, 3.63) is 23.5 Å². The zero-order valence-electron chi connectivity index (χ0n) is 9.49. The number of hydrogen-bond acceptors (Lipinski definition) is 3. The monoisotopic (exact) mass is 298 g/mol. The van der Waals surface area contributed by atoms with E-state index >= 15 is 0 Å². The van der Waals surface area contributed by atoms with E-state index in [0.717, 1.165) is 17.8 Å². The van der Waals surface area contributed by atoms with Gasteiger partial charge in [0.25, 0.3) is 0 Å². The molecule has 1 N–H and O–H groups in total. The number of ether oxygens (including phenoxy) is 1. The van der Waals surface area contributed by atoms with Gasteiger partial charge in [0, 0.05) is 4.83 Å². The minimum Gasteiger partial charge on any atom is -0.479 e. The summed E-state index contributed by atoms with van der Waals surface area (Å²) in [7, 11) is 0. The van der Waals surface area contributed by atoms with Crippen LogP contribution in [0.2, 0.25) is 0 Å². The lowest BCUT2D eigenvalue weighted by Gasteiger charge is -2.32. The average Bonchev–Trinajstić information content (AvgIpc) is 2.58. The third-order valence-corrected chi connectivity index (χ3v) is 4.51. The van der Waals surface area contributed by atoms with Crippen molar-refractivity contribution in [2.24, 2.45) is 0 Å². The van der Waals surface area contributed by atoms with E-state index in [1.54, 1.807) is 0 Å². The number of carbonyl (C=O) groups is 1. The van der Waals surface area contributed by atoms with Crippen LogP contribution in [-0.4, -0.2) is 27.4 Å². The first kappa shape index (κ1) is 11.5. The van der Waals surface area contributed by atoms with E-state index < -0.39 is 5.60 Å². The number of halogens is 1. The highest BCUT2D eigenvalue weighted by molar-refractivity contribution is 9.09. The normalized spacial score (nSPS) is 40.7. The summed E-state index contributed by atoms with van der Waals surface area (Å²) < 4.78 is 5.91. The summed E-state index contributed by atoms with van der Waals surface area (Å²) in [6.07, 6.45) is 7.12. The summed E-state index contributed by atoms with van der Waals surface area (Å²) in [4.78, 5) is 12.7. The molecule has 0 radical (unpaired) electrons. The van der Waals surface area contributed by atoms with Gasteiger partial charge in [-0.1, -0.05) is 22.0 Å². The Kier molecular flexibility index (Phi) is 2.67. The van der Waals surface area contributed by atoms with Crippen molar-refractivity contribution in [2.75, 3.05) is 0 Å². The number of ketones is 1. The van der Waals surface area contributed by atoms with Crippen LogP contribution < -0.4 is 0 Å². The van der Waals surface area contributed by atoms with E-state index in [9.17, 15) is 9.90 Å². The Morgan fingerprint density at radius 1 is 1.41 bits per heavy atom. The maximum Gasteiger partial charge on any atom is 0.209 e. The van der Waals surface area contributed by atoms with Gasteiger partial charge in [0.2, 0.25) is 5.78 Å². The summed E-state index contributed by atoms with van der Waals surface area (Å²) >= 11 is 3.51. The fourth-order valence-electron chi connectivity index (χ4n) is 2.85. The Morgan fingerprint density at radius 2 is 2.12 bits per heavy atom. The maximum atomic E-state index is 12.4. The van der Waals surface area contributed by atoms with E-state index in [2.05, 4.69) is 15.9 Å². The van der Waals surface area contributed by atoms with Crippen LogP contribution in [0.1, 0.15) is 32.1 Å². The molecule has 0 bridgehead atoms. The van der Waals surface area contributed by atoms with Crippen molar-refractivity contribution in [1.29, 1.82) is 0 Å². The zero-order chi connectivity index (χ0) is 12.0. The molecule has 92 valence electrons. The third kappa shape index (κ3) is 1.78. The second kappa shape index (κ2) is 3.95. The average molecular weight is 299 g/mol. The summed E-state index contributed by atoms with van der Waals surface area (Å²) in [5.41, 5.74) is 0.0584. The van der Waals surface area contributed by atoms with Gasteiger partial charge in [0.05, 0.1) is 11.7 Å². The van der Waals surface area contributed by atoms with Crippen LogP contribution in [0.4, 0.5) is 0 Å². The minimum atomic E-state index is -0.673. The standard InChI is InChI=1S/C13H15BrO3/c14-8-1-2-11-10(7-8)12(16)13(17-11)5-3-9(15)4-6-13/h2,7-9,15H,1,3-6H2. The fourth-order valence-corrected chi connectivity index (χ4v) is 3.30. The van der Waals surface area contributed by atoms with Gasteiger partial charge in [0.1, 0.15) is 5.76 Å². The second-order valence-corrected chi connectivity index (χ2v) is 6.23. The molecule has 1 atom stereocenters. The lowest BCUT2D eigenvalue weighted by molar-refractivity contribution is -0.133. The van der Waals surface area contributed by atoms with Gasteiger partial charge in [-0.15, -0.1) is 0 Å². The molecule has 0 aromatic heterocycles. The van der Waals surface area contributed by atoms with Gasteiger partial charge in [-0.05, 0) is 38.2 Å². The van der Waals surface area contributed by atoms with Crippen LogP contribution in [0.5, 0.6) is 0 Å². The van der Waals surface area contributed by atoms with E-state index in [1.807, 2.05) is 12.2 Å². The molecule has 3 nitrogen and oxygen atoms in total. The number of carbonyl (C=O) groups excluding carboxylic acids is 1. The quantitative estimate of drug-likeness (QED) is 0.698. The van der Waals surface area contributed by atoms with Gasteiger partial charge in [-0.3, -0.25) is 4.79 Å². The molecule has 2 aliphatic carbocycles. The van der Waals surface area contributed by atoms with Gasteiger partial charge in [-0.25, -0.2) is 0 Å². The fraction of sp³-hybridized carbons (Fsp3) is 0.615. The molecule has 0 amide bonds. The lowest BCUT2D eigenvalue weighted by atomic mass is 9.79. The SMILES string of the molecule is O=C1C2=CC(Br)CC=C2OC12CCC(O)CC2. The molecule has 3 rings (SSSR count). The van der Waals surface area contributed by atoms with E-state index in [4.69, 9.17) is 4.74 Å². The van der Waals surface area contributed by atoms with Crippen molar-refractivity contribution in [2.45, 2.75) is 48.6 Å². The maximum absolute atomic E-state index is 12.4. The van der Waals surface area contributed by atoms with Crippen molar-refractivity contribution in [1.82, 2.24) is 0 Å². The molecule has 17 heavy (non-hydrogen) atoms. The number of aliphatic hydroxyl groups is 1. The molecule has 1 unspecified atom stereocenters. The number of rotatable bonds is 0. The van der Waals surface area contributed by atoms with Crippen molar-refractivity contribution in [3.63, 3.8) is 0 Å². The molecular formula is C13H15BrO3. The third-order valence-electron chi connectivity index (χ3n) is 3.87. The van der Waals surface area contributed by atoms with Crippen molar-refractivity contribution < 1.29 is 14.6 Å². The Bertz CT molecular complexity index is 416. The number of Topliss-reactive ketones (excluding diaryl/α,β-unsaturated/α-hetero) is 1. The zero-order valence-corrected chi connectivity index (χ0v) is 11.1. The van der Waals surface area contributed by atoms with E-state index in [0.29, 0.717) is 25.7 Å². The molecule has 3 aliphatic rings. The molecule has 1 aliphatic heterocycles. The van der Waals surface area contributed by atoms with Crippen LogP contribution in [0, 0.1) is 0 Å². The summed E-state index contributed by atoms with van der Waals surface area (Å²) in [6, 6.07) is 0. The molecule has 2 fully saturated rings. The van der Waals surface area contributed by atoms with Crippen LogP contribution in [0.25, 0.3) is 0 Å². The van der Waals surface area contributed by atoms with Gasteiger partial charge in [-0.2, -0.15) is 0 Å². The first-order valence-corrected chi connectivity index (χ1v) is 7.01. The number of allylic oxidation sites excluding steroid dienone is 3. The predicted molar refractivity (Wildman–Crippen MR) is 66.8 cm³/mol. The number of fused-ring (bicyclic) bond motifs is 1. The Labute approximate surface area is 109 Å². The molecule has 0 aromatic rings. The summed E-state index contributed by atoms with van der Waals surface area (Å²) in [6.45, 7) is 0. The van der Waals surface area contributed by atoms with Gasteiger partial charge < -0.3 is 9.84 Å². The topological polar surface area (TPSA) is 46.5 Å². The van der Waals surface area contributed by atoms with Crippen LogP contribution in [-0.2, 0) is 9.53 Å². The Morgan fingerprint density at radius 3 is 2.82 bits per heavy atom. The molecule has 1 heterocycles. The highest BCUT2D eigenvalue weighted by Crippen LogP contribution is 2.45. The largest absolute Gasteiger partial charge is 0.479 e. The molecule has 0 aromatic carbocycles. The summed E-state index contributed by atoms with van der Waals surface area (Å²) in [5, 5.41) is 9.54. The summed E-state index contributed by atoms with van der Waals surface area (Å²) in [5.74, 6) is 0.863. The van der Waals surface area contributed by atoms with Crippen LogP contribution in [0.3, 0.4) is 0 Å². The van der Waals surface area contributed by atoms with Gasteiger partial charge in [0.15, 0.2) is 5.60 Å². The first-order chi connectivity index (χ1) is 8.11. The smallest absolute Gasteiger partial charge is 0.209 e. The Hall–Kier alpha value is -0.610. The minimum absolute atomic E-state index is 0.111. The van der Waals surface area contributed by atoms with Crippen molar-refractivity contribution in [3.8, 4) is 0 Å². The number of aliphatic hydroxyl groups excluding tert-OH is 1. The molecule has 4 heteroatoms. The highest BCUT2D eigenvalue weighted by atomic mass is 79.9. The van der Waals surface area contributed by atoms with E-state index in [1.165, 1.54) is 0 Å². The molecular weight excluding hydrogens is 284 g/mol. The first-order valence-electron chi connectivity index (χ1n) is 6.09. The number of alkyl halides is 1. The van der Waals surface area contributed by atoms with Gasteiger partial charge >= 0.3 is 0 Å². The lowest BCUT2D eigenvalue weighted by Crippen LogP contribution is -2.41. The molecule has 1 spiro atoms. The molecule has 1 saturated carbocycles. The predicted octanol–water partition coefficient (Wildman–Crippen LogP) is 2.24. The van der Waals surface area contributed by atoms with Crippen LogP contribution >= 0.6 is 15.9 Å². The number of hydrogen-bond donors (Lipinski definition) is 1.